The summed E-state index contributed by atoms with van der Waals surface area (Å²) in [6.07, 6.45) is 5.68. The lowest BCUT2D eigenvalue weighted by atomic mass is 9.75. The van der Waals surface area contributed by atoms with E-state index in [-0.39, 0.29) is 11.7 Å². The number of ether oxygens (including phenoxy) is 1. The van der Waals surface area contributed by atoms with Gasteiger partial charge in [-0.2, -0.15) is 0 Å². The van der Waals surface area contributed by atoms with Gasteiger partial charge >= 0.3 is 0 Å². The number of hydrogen-bond donors (Lipinski definition) is 1. The van der Waals surface area contributed by atoms with Gasteiger partial charge in [0.05, 0.1) is 11.7 Å². The van der Waals surface area contributed by atoms with E-state index in [1.807, 2.05) is 13.8 Å². The Balaban J connectivity index is 2.09. The summed E-state index contributed by atoms with van der Waals surface area (Å²) < 4.78 is 5.50. The van der Waals surface area contributed by atoms with Crippen molar-refractivity contribution in [1.29, 1.82) is 0 Å². The highest BCUT2D eigenvalue weighted by Gasteiger charge is 2.62. The predicted molar refractivity (Wildman–Crippen MR) is 47.0 cm³/mol. The molecule has 0 bridgehead atoms. The Morgan fingerprint density at radius 3 is 2.17 bits per heavy atom. The van der Waals surface area contributed by atoms with Gasteiger partial charge in [-0.1, -0.05) is 19.3 Å². The quantitative estimate of drug-likeness (QED) is 0.609. The molecule has 0 spiro atoms. The normalized spacial score (nSPS) is 45.8. The monoisotopic (exact) mass is 170 g/mol. The summed E-state index contributed by atoms with van der Waals surface area (Å²) in [6.45, 7) is 4.09. The van der Waals surface area contributed by atoms with Gasteiger partial charge in [0.2, 0.25) is 0 Å². The average molecular weight is 170 g/mol. The molecule has 70 valence electrons. The maximum absolute atomic E-state index is 10.3. The number of rotatable bonds is 1. The van der Waals surface area contributed by atoms with E-state index in [4.69, 9.17) is 4.74 Å². The Labute approximate surface area is 73.9 Å². The van der Waals surface area contributed by atoms with Gasteiger partial charge in [0.25, 0.3) is 0 Å². The van der Waals surface area contributed by atoms with Crippen molar-refractivity contribution in [2.24, 2.45) is 0 Å². The van der Waals surface area contributed by atoms with Crippen LogP contribution in [0.5, 0.6) is 0 Å². The first-order valence-corrected chi connectivity index (χ1v) is 4.99. The second-order valence-electron chi connectivity index (χ2n) is 4.46. The molecule has 2 fully saturated rings. The van der Waals surface area contributed by atoms with E-state index in [0.717, 1.165) is 25.7 Å². The van der Waals surface area contributed by atoms with Crippen molar-refractivity contribution in [3.63, 3.8) is 0 Å². The standard InChI is InChI=1S/C10H18O2/c1-8-9(2,12-8)10(11)6-4-3-5-7-10/h8,11H,3-7H2,1-2H3/t8-,9+/m1/s1. The van der Waals surface area contributed by atoms with Crippen LogP contribution in [0.2, 0.25) is 0 Å². The van der Waals surface area contributed by atoms with Crippen molar-refractivity contribution in [3.8, 4) is 0 Å². The fourth-order valence-electron chi connectivity index (χ4n) is 2.45. The molecule has 0 aromatic heterocycles. The molecule has 0 radical (unpaired) electrons. The van der Waals surface area contributed by atoms with Crippen LogP contribution in [0.4, 0.5) is 0 Å². The summed E-state index contributed by atoms with van der Waals surface area (Å²) in [5.74, 6) is 0. The minimum Gasteiger partial charge on any atom is -0.387 e. The van der Waals surface area contributed by atoms with Gasteiger partial charge in [-0.05, 0) is 26.7 Å². The fraction of sp³-hybridized carbons (Fsp3) is 1.00. The van der Waals surface area contributed by atoms with Gasteiger partial charge in [-0.25, -0.2) is 0 Å². The molecule has 2 heteroatoms. The minimum absolute atomic E-state index is 0.229. The molecule has 1 saturated carbocycles. The molecule has 0 unspecified atom stereocenters. The van der Waals surface area contributed by atoms with Crippen molar-refractivity contribution in [1.82, 2.24) is 0 Å². The van der Waals surface area contributed by atoms with Gasteiger partial charge in [-0.15, -0.1) is 0 Å². The topological polar surface area (TPSA) is 32.8 Å². The van der Waals surface area contributed by atoms with Crippen molar-refractivity contribution in [2.45, 2.75) is 63.3 Å². The van der Waals surface area contributed by atoms with Crippen LogP contribution in [0.25, 0.3) is 0 Å². The molecule has 2 nitrogen and oxygen atoms in total. The molecule has 0 aromatic rings. The van der Waals surface area contributed by atoms with Crippen molar-refractivity contribution < 1.29 is 9.84 Å². The van der Waals surface area contributed by atoms with E-state index in [1.165, 1.54) is 6.42 Å². The van der Waals surface area contributed by atoms with Crippen LogP contribution < -0.4 is 0 Å². The number of aliphatic hydroxyl groups is 1. The first kappa shape index (κ1) is 8.52. The maximum Gasteiger partial charge on any atom is 0.120 e. The van der Waals surface area contributed by atoms with Crippen LogP contribution >= 0.6 is 0 Å². The van der Waals surface area contributed by atoms with Gasteiger partial charge in [0, 0.05) is 0 Å². The molecule has 1 saturated heterocycles. The van der Waals surface area contributed by atoms with Gasteiger partial charge in [0.1, 0.15) is 5.60 Å². The van der Waals surface area contributed by atoms with Crippen molar-refractivity contribution in [2.75, 3.05) is 0 Å². The van der Waals surface area contributed by atoms with Crippen molar-refractivity contribution in [3.05, 3.63) is 0 Å². The number of hydrogen-bond acceptors (Lipinski definition) is 2. The van der Waals surface area contributed by atoms with Crippen molar-refractivity contribution >= 4 is 0 Å². The second kappa shape index (κ2) is 2.46. The van der Waals surface area contributed by atoms with Crippen LogP contribution in [0.3, 0.4) is 0 Å². The number of epoxide rings is 1. The van der Waals surface area contributed by atoms with Crippen LogP contribution in [-0.4, -0.2) is 22.4 Å². The molecule has 1 aliphatic heterocycles. The summed E-state index contributed by atoms with van der Waals surface area (Å²) in [5.41, 5.74) is -0.752. The molecule has 1 heterocycles. The second-order valence-corrected chi connectivity index (χ2v) is 4.46. The first-order chi connectivity index (χ1) is 5.58. The average Bonchev–Trinajstić information content (AvgIpc) is 2.63. The summed E-state index contributed by atoms with van der Waals surface area (Å²) in [4.78, 5) is 0. The van der Waals surface area contributed by atoms with E-state index < -0.39 is 5.60 Å². The lowest BCUT2D eigenvalue weighted by Crippen LogP contribution is -2.46. The van der Waals surface area contributed by atoms with Gasteiger partial charge < -0.3 is 9.84 Å². The summed E-state index contributed by atoms with van der Waals surface area (Å²) in [6, 6.07) is 0. The van der Waals surface area contributed by atoms with Crippen LogP contribution in [0, 0.1) is 0 Å². The molecule has 0 aromatic carbocycles. The van der Waals surface area contributed by atoms with Crippen LogP contribution in [-0.2, 0) is 4.74 Å². The van der Waals surface area contributed by atoms with E-state index >= 15 is 0 Å². The molecule has 12 heavy (non-hydrogen) atoms. The maximum atomic E-state index is 10.3. The zero-order valence-corrected chi connectivity index (χ0v) is 7.97. The predicted octanol–water partition coefficient (Wildman–Crippen LogP) is 1.86. The van der Waals surface area contributed by atoms with Crippen LogP contribution in [0.1, 0.15) is 46.0 Å². The Hall–Kier alpha value is -0.0800. The minimum atomic E-state index is -0.523. The third-order valence-corrected chi connectivity index (χ3v) is 3.74. The summed E-state index contributed by atoms with van der Waals surface area (Å²) in [7, 11) is 0. The Morgan fingerprint density at radius 2 is 1.75 bits per heavy atom. The Bertz CT molecular complexity index is 184. The lowest BCUT2D eigenvalue weighted by Gasteiger charge is -2.35. The lowest BCUT2D eigenvalue weighted by molar-refractivity contribution is -0.0586. The zero-order valence-electron chi connectivity index (χ0n) is 7.97. The third-order valence-electron chi connectivity index (χ3n) is 3.74. The SMILES string of the molecule is C[C@H]1O[C@]1(C)C1(O)CCCCC1. The van der Waals surface area contributed by atoms with E-state index in [2.05, 4.69) is 0 Å². The molecule has 1 N–H and O–H groups in total. The van der Waals surface area contributed by atoms with Gasteiger partial charge in [0.15, 0.2) is 0 Å². The third kappa shape index (κ3) is 1.01. The molecule has 2 rings (SSSR count). The fourth-order valence-corrected chi connectivity index (χ4v) is 2.45. The molecule has 0 amide bonds. The highest BCUT2D eigenvalue weighted by atomic mass is 16.6. The Morgan fingerprint density at radius 1 is 1.25 bits per heavy atom. The molecular formula is C10H18O2. The summed E-state index contributed by atoms with van der Waals surface area (Å²) >= 11 is 0. The van der Waals surface area contributed by atoms with E-state index in [1.54, 1.807) is 0 Å². The molecule has 2 atom stereocenters. The smallest absolute Gasteiger partial charge is 0.120 e. The first-order valence-electron chi connectivity index (χ1n) is 4.99. The zero-order chi connectivity index (χ0) is 8.82. The van der Waals surface area contributed by atoms with Gasteiger partial charge in [-0.3, -0.25) is 0 Å². The van der Waals surface area contributed by atoms with E-state index in [0.29, 0.717) is 0 Å². The molecular weight excluding hydrogens is 152 g/mol. The Kier molecular flexibility index (Phi) is 1.74. The highest BCUT2D eigenvalue weighted by molar-refractivity contribution is 5.11. The largest absolute Gasteiger partial charge is 0.387 e. The highest BCUT2D eigenvalue weighted by Crippen LogP contribution is 2.50. The molecule has 1 aliphatic carbocycles. The molecule has 2 aliphatic rings. The van der Waals surface area contributed by atoms with E-state index in [9.17, 15) is 5.11 Å². The van der Waals surface area contributed by atoms with Crippen LogP contribution in [0.15, 0.2) is 0 Å². The summed E-state index contributed by atoms with van der Waals surface area (Å²) in [5, 5.41) is 10.3.